The molecule has 2 aliphatic rings. The lowest BCUT2D eigenvalue weighted by molar-refractivity contribution is 0.0697. The Morgan fingerprint density at radius 2 is 2.08 bits per heavy atom. The van der Waals surface area contributed by atoms with Gasteiger partial charge in [0.1, 0.15) is 18.2 Å². The fourth-order valence-electron chi connectivity index (χ4n) is 5.21. The number of thiophene rings is 1. The Balaban J connectivity index is 1.35. The van der Waals surface area contributed by atoms with E-state index in [2.05, 4.69) is 44.6 Å². The topological polar surface area (TPSA) is 154 Å². The van der Waals surface area contributed by atoms with E-state index in [0.717, 1.165) is 28.0 Å². The molecule has 3 heterocycles. The number of aliphatic hydroxyl groups excluding tert-OH is 1. The molecule has 0 radical (unpaired) electrons. The second kappa shape index (κ2) is 10.8. The Labute approximate surface area is 225 Å². The molecule has 4 N–H and O–H groups in total. The quantitative estimate of drug-likeness (QED) is 0.354. The smallest absolute Gasteiger partial charge is 0.333 e. The van der Waals surface area contributed by atoms with Crippen LogP contribution in [0.5, 0.6) is 0 Å². The highest BCUT2D eigenvalue weighted by atomic mass is 32.2. The van der Waals surface area contributed by atoms with Crippen molar-refractivity contribution in [3.05, 3.63) is 74.4 Å². The zero-order valence-corrected chi connectivity index (χ0v) is 22.7. The Kier molecular flexibility index (Phi) is 7.63. The lowest BCUT2D eigenvalue weighted by Gasteiger charge is -2.26. The summed E-state index contributed by atoms with van der Waals surface area (Å²) < 4.78 is 33.1. The van der Waals surface area contributed by atoms with Crippen LogP contribution >= 0.6 is 11.3 Å². The van der Waals surface area contributed by atoms with E-state index in [1.54, 1.807) is 0 Å². The van der Waals surface area contributed by atoms with Crippen LogP contribution in [-0.2, 0) is 25.6 Å². The van der Waals surface area contributed by atoms with Gasteiger partial charge < -0.3 is 15.2 Å². The summed E-state index contributed by atoms with van der Waals surface area (Å²) in [6.07, 6.45) is 3.46. The summed E-state index contributed by atoms with van der Waals surface area (Å²) in [5.41, 5.74) is 4.87. The van der Waals surface area contributed by atoms with Gasteiger partial charge in [0.05, 0.1) is 29.8 Å². The first-order chi connectivity index (χ1) is 18.1. The van der Waals surface area contributed by atoms with Crippen LogP contribution in [0, 0.1) is 19.8 Å². The molecule has 1 aliphatic heterocycles. The molecule has 1 fully saturated rings. The number of aliphatic hydroxyl groups is 1. The molecular formula is C26H30N4O6S2. The molecule has 10 nitrogen and oxygen atoms in total. The summed E-state index contributed by atoms with van der Waals surface area (Å²) in [4.78, 5) is 23.6. The Hall–Kier alpha value is -2.74. The number of ether oxygens (including phenoxy) is 1. The Bertz CT molecular complexity index is 1460. The zero-order valence-electron chi connectivity index (χ0n) is 21.1. The summed E-state index contributed by atoms with van der Waals surface area (Å²) >= 11 is 1.41. The number of nitrogens with zero attached hydrogens (tertiary/aromatic N) is 2. The van der Waals surface area contributed by atoms with E-state index >= 15 is 0 Å². The average molecular weight is 559 g/mol. The second-order valence-electron chi connectivity index (χ2n) is 9.86. The van der Waals surface area contributed by atoms with Crippen molar-refractivity contribution in [3.8, 4) is 0 Å². The van der Waals surface area contributed by atoms with Gasteiger partial charge in [-0.25, -0.2) is 15.1 Å². The van der Waals surface area contributed by atoms with Gasteiger partial charge in [0.25, 0.3) is 0 Å². The number of hydrogen-bond acceptors (Lipinski definition) is 10. The van der Waals surface area contributed by atoms with Crippen LogP contribution in [-0.4, -0.2) is 54.6 Å². The molecule has 0 unspecified atom stereocenters. The molecule has 0 bridgehead atoms. The number of nitrogens with two attached hydrogens (primary N) is 1. The van der Waals surface area contributed by atoms with Gasteiger partial charge in [-0.05, 0) is 55.9 Å². The van der Waals surface area contributed by atoms with Crippen LogP contribution in [0.2, 0.25) is 0 Å². The number of benzene rings is 1. The van der Waals surface area contributed by atoms with Gasteiger partial charge in [-0.15, -0.1) is 11.3 Å². The molecule has 0 spiro atoms. The zero-order chi connectivity index (χ0) is 27.0. The van der Waals surface area contributed by atoms with E-state index in [9.17, 15) is 18.3 Å². The molecule has 0 saturated heterocycles. The number of fused-ring (bicyclic) bond motifs is 1. The van der Waals surface area contributed by atoms with Crippen LogP contribution in [0.1, 0.15) is 61.3 Å². The van der Waals surface area contributed by atoms with Crippen molar-refractivity contribution in [2.45, 2.75) is 51.4 Å². The van der Waals surface area contributed by atoms with Crippen molar-refractivity contribution < 1.29 is 27.2 Å². The summed E-state index contributed by atoms with van der Waals surface area (Å²) in [5, 5.41) is 18.5. The third kappa shape index (κ3) is 5.80. The molecule has 38 heavy (non-hydrogen) atoms. The molecule has 3 aromatic rings. The van der Waals surface area contributed by atoms with Crippen LogP contribution in [0.15, 0.2) is 36.8 Å². The minimum Gasteiger partial charge on any atom is -0.393 e. The predicted octanol–water partition coefficient (Wildman–Crippen LogP) is 2.82. The van der Waals surface area contributed by atoms with Gasteiger partial charge in [0.2, 0.25) is 5.78 Å². The maximum absolute atomic E-state index is 13.6. The van der Waals surface area contributed by atoms with E-state index < -0.39 is 22.3 Å². The summed E-state index contributed by atoms with van der Waals surface area (Å²) in [7, 11) is -4.09. The molecule has 0 amide bonds. The standard InChI is InChI=1S/C26H30N4O6S2/c1-14-3-4-16-5-6-35-25(20(16)7-14)19-10-23(37-15(19)2)24(32)21-11-28-13-29-26(21)30-18-8-17(22(31)9-18)12-36-38(27,33)34/h3-4,7,10-11,13,17-18,22,25,31H,5-6,8-9,12H2,1-2H3,(H2,27,33,34)(H,28,29,30)/t17-,18-,22+,25-/m1/s1. The molecule has 2 aromatic heterocycles. The number of aromatic nitrogens is 2. The second-order valence-corrected chi connectivity index (χ2v) is 12.3. The third-order valence-electron chi connectivity index (χ3n) is 7.10. The van der Waals surface area contributed by atoms with Gasteiger partial charge in [-0.3, -0.25) is 8.98 Å². The molecule has 1 aromatic carbocycles. The molecule has 4 atom stereocenters. The Morgan fingerprint density at radius 3 is 2.87 bits per heavy atom. The van der Waals surface area contributed by atoms with E-state index in [1.807, 2.05) is 13.0 Å². The monoisotopic (exact) mass is 558 g/mol. The van der Waals surface area contributed by atoms with Gasteiger partial charge in [0.15, 0.2) is 0 Å². The highest BCUT2D eigenvalue weighted by molar-refractivity contribution is 7.84. The minimum atomic E-state index is -4.09. The summed E-state index contributed by atoms with van der Waals surface area (Å²) in [6.45, 7) is 4.46. The van der Waals surface area contributed by atoms with E-state index in [1.165, 1.54) is 29.4 Å². The average Bonchev–Trinajstić information content (AvgIpc) is 3.43. The van der Waals surface area contributed by atoms with Gasteiger partial charge in [-0.1, -0.05) is 23.8 Å². The summed E-state index contributed by atoms with van der Waals surface area (Å²) in [5.74, 6) is -0.269. The molecular weight excluding hydrogens is 528 g/mol. The SMILES string of the molecule is Cc1ccc2c(c1)[C@@H](c1cc(C(=O)c3cncnc3N[C@@H]3C[C@H](COS(N)(=O)=O)[C@@H](O)C3)sc1C)OCC2. The van der Waals surface area contributed by atoms with Gasteiger partial charge >= 0.3 is 10.3 Å². The van der Waals surface area contributed by atoms with E-state index in [-0.39, 0.29) is 24.5 Å². The lowest BCUT2D eigenvalue weighted by atomic mass is 9.91. The van der Waals surface area contributed by atoms with Crippen molar-refractivity contribution in [1.82, 2.24) is 9.97 Å². The maximum atomic E-state index is 13.6. The molecule has 1 aliphatic carbocycles. The van der Waals surface area contributed by atoms with Gasteiger partial charge in [-0.2, -0.15) is 8.42 Å². The molecule has 202 valence electrons. The highest BCUT2D eigenvalue weighted by Crippen LogP contribution is 2.39. The van der Waals surface area contributed by atoms with Gasteiger partial charge in [0, 0.05) is 23.0 Å². The molecule has 12 heteroatoms. The van der Waals surface area contributed by atoms with Crippen molar-refractivity contribution in [2.75, 3.05) is 18.5 Å². The summed E-state index contributed by atoms with van der Waals surface area (Å²) in [6, 6.07) is 8.08. The number of rotatable bonds is 8. The fourth-order valence-corrected chi connectivity index (χ4v) is 6.57. The molecule has 1 saturated carbocycles. The maximum Gasteiger partial charge on any atom is 0.333 e. The third-order valence-corrected chi connectivity index (χ3v) is 8.63. The number of hydrogen-bond donors (Lipinski definition) is 3. The Morgan fingerprint density at radius 1 is 1.26 bits per heavy atom. The van der Waals surface area contributed by atoms with Crippen molar-refractivity contribution in [2.24, 2.45) is 11.1 Å². The van der Waals surface area contributed by atoms with Crippen LogP contribution in [0.3, 0.4) is 0 Å². The number of nitrogens with one attached hydrogen (secondary N) is 1. The van der Waals surface area contributed by atoms with Crippen molar-refractivity contribution in [1.29, 1.82) is 0 Å². The number of carbonyl (C=O) groups is 1. The lowest BCUT2D eigenvalue weighted by Crippen LogP contribution is -2.24. The van der Waals surface area contributed by atoms with Crippen LogP contribution in [0.25, 0.3) is 0 Å². The largest absolute Gasteiger partial charge is 0.393 e. The fraction of sp³-hybridized carbons (Fsp3) is 0.423. The first-order valence-electron chi connectivity index (χ1n) is 12.4. The first kappa shape index (κ1) is 26.9. The minimum absolute atomic E-state index is 0.208. The highest BCUT2D eigenvalue weighted by Gasteiger charge is 2.35. The normalized spacial score (nSPS) is 23.3. The van der Waals surface area contributed by atoms with Crippen LogP contribution in [0.4, 0.5) is 5.82 Å². The van der Waals surface area contributed by atoms with E-state index in [0.29, 0.717) is 35.7 Å². The number of anilines is 1. The first-order valence-corrected chi connectivity index (χ1v) is 14.7. The number of ketones is 1. The predicted molar refractivity (Wildman–Crippen MR) is 142 cm³/mol. The van der Waals surface area contributed by atoms with Crippen LogP contribution < -0.4 is 10.5 Å². The van der Waals surface area contributed by atoms with E-state index in [4.69, 9.17) is 9.88 Å². The number of carbonyl (C=O) groups excluding carboxylic acids is 1. The van der Waals surface area contributed by atoms with Crippen molar-refractivity contribution in [3.63, 3.8) is 0 Å². The number of aryl methyl sites for hydroxylation is 2. The molecule has 5 rings (SSSR count). The van der Waals surface area contributed by atoms with Crippen molar-refractivity contribution >= 4 is 33.2 Å².